The van der Waals surface area contributed by atoms with Crippen LogP contribution in [0.5, 0.6) is 0 Å². The van der Waals surface area contributed by atoms with Crippen LogP contribution in [0.25, 0.3) is 11.1 Å². The van der Waals surface area contributed by atoms with Gasteiger partial charge in [0.2, 0.25) is 5.89 Å². The number of fused-ring (bicyclic) bond motifs is 1. The molecule has 1 aliphatic heterocycles. The average molecular weight is 310 g/mol. The smallest absolute Gasteiger partial charge is 0.212 e. The van der Waals surface area contributed by atoms with Gasteiger partial charge in [0, 0.05) is 26.2 Å². The minimum absolute atomic E-state index is 0.228. The minimum atomic E-state index is 0.228. The van der Waals surface area contributed by atoms with Gasteiger partial charge >= 0.3 is 0 Å². The number of halogens is 1. The minimum Gasteiger partial charge on any atom is -0.438 e. The molecule has 1 unspecified atom stereocenters. The van der Waals surface area contributed by atoms with Gasteiger partial charge in [0.05, 0.1) is 10.5 Å². The number of benzene rings is 1. The lowest BCUT2D eigenvalue weighted by atomic mass is 10.2. The molecule has 96 valence electrons. The Bertz CT molecular complexity index is 548. The van der Waals surface area contributed by atoms with Crippen LogP contribution in [0.1, 0.15) is 18.9 Å². The Balaban J connectivity index is 1.91. The first-order valence-corrected chi connectivity index (χ1v) is 7.05. The lowest BCUT2D eigenvalue weighted by molar-refractivity contribution is 0.164. The summed E-state index contributed by atoms with van der Waals surface area (Å²) in [5.41, 5.74) is 1.76. The third kappa shape index (κ3) is 2.18. The van der Waals surface area contributed by atoms with Crippen molar-refractivity contribution in [1.29, 1.82) is 0 Å². The van der Waals surface area contributed by atoms with Crippen molar-refractivity contribution in [1.82, 2.24) is 15.2 Å². The molecule has 2 heterocycles. The number of nitrogens with zero attached hydrogens (tertiary/aromatic N) is 2. The first-order chi connectivity index (χ1) is 8.75. The predicted octanol–water partition coefficient (Wildman–Crippen LogP) is 2.56. The van der Waals surface area contributed by atoms with E-state index in [-0.39, 0.29) is 6.04 Å². The lowest BCUT2D eigenvalue weighted by Gasteiger charge is -2.30. The van der Waals surface area contributed by atoms with Gasteiger partial charge in [0.25, 0.3) is 0 Å². The second kappa shape index (κ2) is 4.99. The topological polar surface area (TPSA) is 41.3 Å². The van der Waals surface area contributed by atoms with Gasteiger partial charge in [-0.15, -0.1) is 0 Å². The number of piperazine rings is 1. The molecule has 0 bridgehead atoms. The van der Waals surface area contributed by atoms with E-state index in [1.807, 2.05) is 18.2 Å². The van der Waals surface area contributed by atoms with E-state index in [4.69, 9.17) is 4.42 Å². The van der Waals surface area contributed by atoms with E-state index in [0.717, 1.165) is 47.6 Å². The Morgan fingerprint density at radius 1 is 1.39 bits per heavy atom. The highest BCUT2D eigenvalue weighted by Gasteiger charge is 2.22. The summed E-state index contributed by atoms with van der Waals surface area (Å²) in [6.45, 7) is 6.31. The van der Waals surface area contributed by atoms with E-state index in [1.165, 1.54) is 0 Å². The van der Waals surface area contributed by atoms with Gasteiger partial charge in [0.1, 0.15) is 5.52 Å². The molecule has 1 N–H and O–H groups in total. The number of oxazole rings is 1. The third-order valence-corrected chi connectivity index (χ3v) is 4.06. The largest absolute Gasteiger partial charge is 0.438 e. The zero-order valence-electron chi connectivity index (χ0n) is 10.3. The molecule has 1 fully saturated rings. The summed E-state index contributed by atoms with van der Waals surface area (Å²) in [6.07, 6.45) is 0. The van der Waals surface area contributed by atoms with Crippen LogP contribution in [0, 0.1) is 0 Å². The Kier molecular flexibility index (Phi) is 3.37. The number of rotatable bonds is 2. The molecule has 1 aliphatic rings. The summed E-state index contributed by atoms with van der Waals surface area (Å²) in [6, 6.07) is 6.17. The monoisotopic (exact) mass is 309 g/mol. The molecule has 18 heavy (non-hydrogen) atoms. The number of hydrogen-bond donors (Lipinski definition) is 1. The third-order valence-electron chi connectivity index (χ3n) is 3.44. The van der Waals surface area contributed by atoms with Gasteiger partial charge < -0.3 is 9.73 Å². The summed E-state index contributed by atoms with van der Waals surface area (Å²) in [5.74, 6) is 0.804. The van der Waals surface area contributed by atoms with Crippen molar-refractivity contribution in [2.45, 2.75) is 13.0 Å². The number of hydrogen-bond acceptors (Lipinski definition) is 4. The van der Waals surface area contributed by atoms with Crippen LogP contribution in [0.15, 0.2) is 27.1 Å². The van der Waals surface area contributed by atoms with Crippen molar-refractivity contribution in [3.05, 3.63) is 28.6 Å². The van der Waals surface area contributed by atoms with E-state index in [2.05, 4.69) is 38.1 Å². The fourth-order valence-corrected chi connectivity index (χ4v) is 2.77. The molecular formula is C13H16BrN3O. The molecule has 3 rings (SSSR count). The SMILES string of the molecule is CC(c1nc2cccc(Br)c2o1)N1CCNCC1. The molecule has 5 heteroatoms. The Morgan fingerprint density at radius 2 is 2.17 bits per heavy atom. The van der Waals surface area contributed by atoms with E-state index in [9.17, 15) is 0 Å². The molecule has 0 spiro atoms. The molecule has 0 amide bonds. The molecule has 0 saturated carbocycles. The number of para-hydroxylation sites is 1. The van der Waals surface area contributed by atoms with Gasteiger partial charge in [-0.1, -0.05) is 6.07 Å². The molecule has 4 nitrogen and oxygen atoms in total. The molecule has 2 aromatic rings. The van der Waals surface area contributed by atoms with Crippen LogP contribution in [0.4, 0.5) is 0 Å². The second-order valence-electron chi connectivity index (χ2n) is 4.60. The Labute approximate surface area is 114 Å². The molecular weight excluding hydrogens is 294 g/mol. The fraction of sp³-hybridized carbons (Fsp3) is 0.462. The molecule has 1 aromatic carbocycles. The molecule has 1 aromatic heterocycles. The van der Waals surface area contributed by atoms with Crippen molar-refractivity contribution in [2.24, 2.45) is 0 Å². The first-order valence-electron chi connectivity index (χ1n) is 6.25. The van der Waals surface area contributed by atoms with Crippen LogP contribution in [0.3, 0.4) is 0 Å². The van der Waals surface area contributed by atoms with Crippen LogP contribution in [-0.4, -0.2) is 36.1 Å². The van der Waals surface area contributed by atoms with Crippen LogP contribution in [0.2, 0.25) is 0 Å². The highest BCUT2D eigenvalue weighted by atomic mass is 79.9. The Morgan fingerprint density at radius 3 is 2.89 bits per heavy atom. The number of nitrogens with one attached hydrogen (secondary N) is 1. The summed E-state index contributed by atoms with van der Waals surface area (Å²) in [4.78, 5) is 6.99. The van der Waals surface area contributed by atoms with Gasteiger partial charge in [-0.05, 0) is 35.0 Å². The maximum atomic E-state index is 5.89. The summed E-state index contributed by atoms with van der Waals surface area (Å²) in [7, 11) is 0. The number of aromatic nitrogens is 1. The maximum Gasteiger partial charge on any atom is 0.212 e. The molecule has 0 radical (unpaired) electrons. The Hall–Kier alpha value is -0.910. The normalized spacial score (nSPS) is 19.2. The summed E-state index contributed by atoms with van der Waals surface area (Å²) < 4.78 is 6.86. The van der Waals surface area contributed by atoms with E-state index < -0.39 is 0 Å². The van der Waals surface area contributed by atoms with Gasteiger partial charge in [-0.25, -0.2) is 4.98 Å². The quantitative estimate of drug-likeness (QED) is 0.925. The van der Waals surface area contributed by atoms with E-state index in [1.54, 1.807) is 0 Å². The molecule has 0 aliphatic carbocycles. The summed E-state index contributed by atoms with van der Waals surface area (Å²) in [5, 5.41) is 3.36. The highest BCUT2D eigenvalue weighted by Crippen LogP contribution is 2.28. The van der Waals surface area contributed by atoms with Crippen LogP contribution < -0.4 is 5.32 Å². The summed E-state index contributed by atoms with van der Waals surface area (Å²) >= 11 is 3.50. The first kappa shape index (κ1) is 12.1. The second-order valence-corrected chi connectivity index (χ2v) is 5.46. The van der Waals surface area contributed by atoms with Crippen LogP contribution in [-0.2, 0) is 0 Å². The van der Waals surface area contributed by atoms with Crippen molar-refractivity contribution < 1.29 is 4.42 Å². The molecule has 1 atom stereocenters. The zero-order valence-corrected chi connectivity index (χ0v) is 11.9. The predicted molar refractivity (Wildman–Crippen MR) is 74.6 cm³/mol. The van der Waals surface area contributed by atoms with Crippen molar-refractivity contribution in [3.8, 4) is 0 Å². The van der Waals surface area contributed by atoms with E-state index in [0.29, 0.717) is 0 Å². The maximum absolute atomic E-state index is 5.89. The van der Waals surface area contributed by atoms with Crippen molar-refractivity contribution in [2.75, 3.05) is 26.2 Å². The average Bonchev–Trinajstić information content (AvgIpc) is 2.84. The highest BCUT2D eigenvalue weighted by molar-refractivity contribution is 9.10. The van der Waals surface area contributed by atoms with Crippen molar-refractivity contribution in [3.63, 3.8) is 0 Å². The standard InChI is InChI=1S/C13H16BrN3O/c1-9(17-7-5-15-6-8-17)13-16-11-4-2-3-10(14)12(11)18-13/h2-4,9,15H,5-8H2,1H3. The van der Waals surface area contributed by atoms with Gasteiger partial charge in [-0.3, -0.25) is 4.90 Å². The lowest BCUT2D eigenvalue weighted by Crippen LogP contribution is -2.44. The van der Waals surface area contributed by atoms with Crippen LogP contribution >= 0.6 is 15.9 Å². The van der Waals surface area contributed by atoms with Crippen molar-refractivity contribution >= 4 is 27.0 Å². The van der Waals surface area contributed by atoms with Gasteiger partial charge in [0.15, 0.2) is 5.58 Å². The van der Waals surface area contributed by atoms with Gasteiger partial charge in [-0.2, -0.15) is 0 Å². The molecule has 1 saturated heterocycles. The zero-order chi connectivity index (χ0) is 12.5. The van der Waals surface area contributed by atoms with E-state index >= 15 is 0 Å². The fourth-order valence-electron chi connectivity index (χ4n) is 2.34.